The summed E-state index contributed by atoms with van der Waals surface area (Å²) in [6.07, 6.45) is 6.04. The number of anilines is 2. The van der Waals surface area contributed by atoms with Crippen molar-refractivity contribution in [3.63, 3.8) is 0 Å². The van der Waals surface area contributed by atoms with Gasteiger partial charge in [0.05, 0.1) is 55.2 Å². The van der Waals surface area contributed by atoms with E-state index in [0.717, 1.165) is 50.4 Å². The monoisotopic (exact) mass is 831 g/mol. The standard InChI is InChI=1S/C22H29N3O3S.C22H28N2O4S/c23-17-22(26)20-11-9-19(10-12-20)18-25(21-7-2-1-3-8-21)29(27,28)16-6-15-24-13-4-5-14-24;1-28-22(25)20-12-10-19(11-13-20)18-24(21-8-3-2-4-9-21)29(26,27)17-7-16-23-14-5-6-15-23/h1-3,7-12H,4-6,13-18,23H2;2-4,8-13H,5-7,14-18H2,1H3. The van der Waals surface area contributed by atoms with E-state index in [1.165, 1.54) is 41.4 Å². The van der Waals surface area contributed by atoms with Crippen LogP contribution in [0.3, 0.4) is 0 Å². The van der Waals surface area contributed by atoms with Crippen LogP contribution in [0.15, 0.2) is 109 Å². The van der Waals surface area contributed by atoms with Gasteiger partial charge in [0.2, 0.25) is 20.0 Å². The number of nitrogens with zero attached hydrogens (tertiary/aromatic N) is 4. The van der Waals surface area contributed by atoms with Crippen molar-refractivity contribution >= 4 is 43.2 Å². The van der Waals surface area contributed by atoms with Crippen LogP contribution in [0.4, 0.5) is 11.4 Å². The van der Waals surface area contributed by atoms with Gasteiger partial charge in [-0.2, -0.15) is 0 Å². The molecule has 12 nitrogen and oxygen atoms in total. The van der Waals surface area contributed by atoms with Crippen LogP contribution in [0.5, 0.6) is 0 Å². The Kier molecular flexibility index (Phi) is 16.8. The second-order valence-electron chi connectivity index (χ2n) is 14.6. The average molecular weight is 832 g/mol. The van der Waals surface area contributed by atoms with Gasteiger partial charge in [0.15, 0.2) is 5.78 Å². The van der Waals surface area contributed by atoms with Gasteiger partial charge in [-0.25, -0.2) is 21.6 Å². The third kappa shape index (κ3) is 13.2. The molecule has 2 aliphatic rings. The molecule has 2 heterocycles. The topological polar surface area (TPSA) is 151 Å². The van der Waals surface area contributed by atoms with Crippen molar-refractivity contribution in [2.24, 2.45) is 5.73 Å². The molecule has 0 atom stereocenters. The molecule has 0 aromatic heterocycles. The lowest BCUT2D eigenvalue weighted by Crippen LogP contribution is -2.34. The lowest BCUT2D eigenvalue weighted by molar-refractivity contribution is 0.0600. The predicted molar refractivity (Wildman–Crippen MR) is 231 cm³/mol. The molecule has 0 bridgehead atoms. The van der Waals surface area contributed by atoms with E-state index in [1.54, 1.807) is 60.7 Å². The molecule has 0 amide bonds. The van der Waals surface area contributed by atoms with E-state index in [4.69, 9.17) is 10.5 Å². The van der Waals surface area contributed by atoms with Gasteiger partial charge in [-0.15, -0.1) is 0 Å². The van der Waals surface area contributed by atoms with Crippen molar-refractivity contribution in [2.45, 2.75) is 51.6 Å². The molecule has 2 aliphatic heterocycles. The maximum absolute atomic E-state index is 13.2. The van der Waals surface area contributed by atoms with Gasteiger partial charge in [0.1, 0.15) is 0 Å². The van der Waals surface area contributed by atoms with Crippen molar-refractivity contribution < 1.29 is 31.2 Å². The highest BCUT2D eigenvalue weighted by Gasteiger charge is 2.25. The summed E-state index contributed by atoms with van der Waals surface area (Å²) in [6, 6.07) is 32.1. The summed E-state index contributed by atoms with van der Waals surface area (Å²) < 4.78 is 60.3. The quantitative estimate of drug-likeness (QED) is 0.0888. The summed E-state index contributed by atoms with van der Waals surface area (Å²) in [5.41, 5.74) is 9.31. The Labute approximate surface area is 344 Å². The summed E-state index contributed by atoms with van der Waals surface area (Å²) in [7, 11) is -5.62. The minimum absolute atomic E-state index is 0.0408. The molecule has 0 radical (unpaired) electrons. The van der Waals surface area contributed by atoms with Crippen molar-refractivity contribution in [3.05, 3.63) is 131 Å². The molecule has 0 aliphatic carbocycles. The molecule has 2 fully saturated rings. The number of carbonyl (C=O) groups excluding carboxylic acids is 2. The zero-order chi connectivity index (χ0) is 41.4. The maximum Gasteiger partial charge on any atom is 0.337 e. The fourth-order valence-corrected chi connectivity index (χ4v) is 10.2. The normalized spacial score (nSPS) is 14.7. The van der Waals surface area contributed by atoms with Gasteiger partial charge in [0, 0.05) is 5.56 Å². The first kappa shape index (κ1) is 44.5. The Morgan fingerprint density at radius 3 is 1.33 bits per heavy atom. The van der Waals surface area contributed by atoms with Crippen LogP contribution >= 0.6 is 0 Å². The van der Waals surface area contributed by atoms with Crippen LogP contribution in [-0.2, 0) is 37.9 Å². The highest BCUT2D eigenvalue weighted by Crippen LogP contribution is 2.24. The third-order valence-corrected chi connectivity index (χ3v) is 14.0. The van der Waals surface area contributed by atoms with Gasteiger partial charge in [-0.1, -0.05) is 72.8 Å². The molecule has 4 aromatic rings. The maximum atomic E-state index is 13.2. The van der Waals surface area contributed by atoms with Crippen LogP contribution < -0.4 is 14.3 Å². The fourth-order valence-electron chi connectivity index (χ4n) is 7.17. The van der Waals surface area contributed by atoms with Gasteiger partial charge in [-0.3, -0.25) is 13.4 Å². The number of Topliss-reactive ketones (excluding diaryl/α,β-unsaturated/α-hetero) is 1. The van der Waals surface area contributed by atoms with Crippen molar-refractivity contribution in [3.8, 4) is 0 Å². The van der Waals surface area contributed by atoms with Crippen molar-refractivity contribution in [1.29, 1.82) is 0 Å². The van der Waals surface area contributed by atoms with Crippen molar-refractivity contribution in [1.82, 2.24) is 9.80 Å². The largest absolute Gasteiger partial charge is 0.465 e. The molecule has 58 heavy (non-hydrogen) atoms. The van der Waals surface area contributed by atoms with E-state index in [0.29, 0.717) is 35.3 Å². The highest BCUT2D eigenvalue weighted by molar-refractivity contribution is 7.93. The molecule has 2 N–H and O–H groups in total. The van der Waals surface area contributed by atoms with E-state index in [9.17, 15) is 26.4 Å². The summed E-state index contributed by atoms with van der Waals surface area (Å²) >= 11 is 0. The van der Waals surface area contributed by atoms with Gasteiger partial charge in [0.25, 0.3) is 0 Å². The van der Waals surface area contributed by atoms with Gasteiger partial charge in [-0.05, 0) is 125 Å². The van der Waals surface area contributed by atoms with E-state index < -0.39 is 26.0 Å². The van der Waals surface area contributed by atoms with Crippen LogP contribution in [0, 0.1) is 0 Å². The number of rotatable bonds is 19. The van der Waals surface area contributed by atoms with E-state index >= 15 is 0 Å². The Bertz CT molecular complexity index is 1940. The lowest BCUT2D eigenvalue weighted by atomic mass is 10.1. The Morgan fingerprint density at radius 2 is 0.966 bits per heavy atom. The van der Waals surface area contributed by atoms with Crippen LogP contribution in [0.1, 0.15) is 70.4 Å². The summed E-state index contributed by atoms with van der Waals surface area (Å²) in [6.45, 7) is 6.30. The first-order valence-corrected chi connectivity index (χ1v) is 23.3. The smallest absolute Gasteiger partial charge is 0.337 e. The number of para-hydroxylation sites is 2. The Hall–Kier alpha value is -4.60. The zero-order valence-corrected chi connectivity index (χ0v) is 35.1. The lowest BCUT2D eigenvalue weighted by Gasteiger charge is -2.25. The molecule has 6 rings (SSSR count). The zero-order valence-electron chi connectivity index (χ0n) is 33.5. The summed E-state index contributed by atoms with van der Waals surface area (Å²) in [5, 5.41) is 0. The molecule has 0 spiro atoms. The number of carbonyl (C=O) groups is 2. The second kappa shape index (κ2) is 22.0. The second-order valence-corrected chi connectivity index (χ2v) is 18.7. The number of ether oxygens (including phenoxy) is 1. The molecule has 4 aromatic carbocycles. The molecule has 14 heteroatoms. The Morgan fingerprint density at radius 1 is 0.586 bits per heavy atom. The number of hydrogen-bond donors (Lipinski definition) is 1. The first-order chi connectivity index (χ1) is 28.0. The number of likely N-dealkylation sites (tertiary alicyclic amines) is 2. The van der Waals surface area contributed by atoms with Crippen LogP contribution in [0.2, 0.25) is 0 Å². The molecular formula is C44H57N5O7S2. The molecule has 312 valence electrons. The van der Waals surface area contributed by atoms with Crippen LogP contribution in [-0.4, -0.2) is 103 Å². The molecule has 2 saturated heterocycles. The molecule has 0 unspecified atom stereocenters. The summed E-state index contributed by atoms with van der Waals surface area (Å²) in [5.74, 6) is -0.321. The average Bonchev–Trinajstić information content (AvgIpc) is 3.98. The summed E-state index contributed by atoms with van der Waals surface area (Å²) in [4.78, 5) is 28.0. The SMILES string of the molecule is COC(=O)c1ccc(CN(c2ccccc2)S(=O)(=O)CCCN2CCCC2)cc1.NCC(=O)c1ccc(CN(c2ccccc2)S(=O)(=O)CCCN2CCCC2)cc1. The number of nitrogens with two attached hydrogens (primary N) is 1. The highest BCUT2D eigenvalue weighted by atomic mass is 32.2. The van der Waals surface area contributed by atoms with Crippen molar-refractivity contribution in [2.75, 3.05) is 73.0 Å². The number of benzene rings is 4. The van der Waals surface area contributed by atoms with E-state index in [2.05, 4.69) is 9.80 Å². The van der Waals surface area contributed by atoms with Gasteiger partial charge >= 0.3 is 5.97 Å². The minimum Gasteiger partial charge on any atom is -0.465 e. The number of ketones is 1. The van der Waals surface area contributed by atoms with Crippen LogP contribution in [0.25, 0.3) is 0 Å². The number of hydrogen-bond acceptors (Lipinski definition) is 10. The van der Waals surface area contributed by atoms with Gasteiger partial charge < -0.3 is 20.3 Å². The predicted octanol–water partition coefficient (Wildman–Crippen LogP) is 5.95. The molecule has 0 saturated carbocycles. The first-order valence-electron chi connectivity index (χ1n) is 20.0. The number of esters is 1. The van der Waals surface area contributed by atoms with E-state index in [-0.39, 0.29) is 36.9 Å². The Balaban J connectivity index is 0.000000221. The number of methoxy groups -OCH3 is 1. The fraction of sp³-hybridized carbons (Fsp3) is 0.409. The minimum atomic E-state index is -3.48. The molecular weight excluding hydrogens is 775 g/mol. The third-order valence-electron chi connectivity index (χ3n) is 10.4. The van der Waals surface area contributed by atoms with E-state index in [1.807, 2.05) is 48.5 Å². The number of sulfonamides is 2.